The molecule has 0 aliphatic rings. The number of benzene rings is 2. The van der Waals surface area contributed by atoms with Gasteiger partial charge in [0, 0.05) is 23.9 Å². The molecule has 2 aromatic carbocycles. The van der Waals surface area contributed by atoms with Crippen LogP contribution >= 0.6 is 11.8 Å². The summed E-state index contributed by atoms with van der Waals surface area (Å²) in [5, 5.41) is 16.6. The molecule has 144 valence electrons. The van der Waals surface area contributed by atoms with Crippen LogP contribution in [0.1, 0.15) is 43.4 Å². The van der Waals surface area contributed by atoms with Crippen molar-refractivity contribution < 1.29 is 5.11 Å². The Morgan fingerprint density at radius 2 is 1.82 bits per heavy atom. The highest BCUT2D eigenvalue weighted by Gasteiger charge is 2.23. The first kappa shape index (κ1) is 20.3. The van der Waals surface area contributed by atoms with Crippen LogP contribution in [0.5, 0.6) is 0 Å². The summed E-state index contributed by atoms with van der Waals surface area (Å²) in [5.41, 5.74) is 3.78. The standard InChI is InChI=1S/C24H26N2OS/c1-4-5-6-10-13-21(27)22-23(19-11-8-7-9-12-19)25-26(3)24(22)28-20-16-14-18(2)15-17-20/h7-9,11-12,14-17,21,27H,4-6H2,1-3H3/t21-/m0/s1. The predicted octanol–water partition coefficient (Wildman–Crippen LogP) is 5.77. The first-order valence-electron chi connectivity index (χ1n) is 9.63. The van der Waals surface area contributed by atoms with Crippen LogP contribution in [0.4, 0.5) is 0 Å². The molecule has 0 aliphatic carbocycles. The van der Waals surface area contributed by atoms with Crippen LogP contribution in [-0.4, -0.2) is 14.9 Å². The first-order valence-corrected chi connectivity index (χ1v) is 10.4. The SMILES string of the molecule is CCCCC#C[C@H](O)c1c(-c2ccccc2)nn(C)c1Sc1ccc(C)cc1. The quantitative estimate of drug-likeness (QED) is 0.429. The molecule has 1 atom stereocenters. The zero-order chi connectivity index (χ0) is 19.9. The summed E-state index contributed by atoms with van der Waals surface area (Å²) in [4.78, 5) is 1.11. The Hall–Kier alpha value is -2.48. The third kappa shape index (κ3) is 4.86. The van der Waals surface area contributed by atoms with E-state index in [0.717, 1.165) is 46.0 Å². The molecule has 0 radical (unpaired) electrons. The molecule has 0 amide bonds. The molecule has 4 heteroatoms. The fraction of sp³-hybridized carbons (Fsp3) is 0.292. The van der Waals surface area contributed by atoms with Crippen LogP contribution in [0.25, 0.3) is 11.3 Å². The second-order valence-electron chi connectivity index (χ2n) is 6.80. The van der Waals surface area contributed by atoms with E-state index in [9.17, 15) is 5.11 Å². The van der Waals surface area contributed by atoms with Gasteiger partial charge >= 0.3 is 0 Å². The maximum absolute atomic E-state index is 10.9. The number of aromatic nitrogens is 2. The molecule has 0 saturated carbocycles. The average molecular weight is 391 g/mol. The Bertz CT molecular complexity index is 966. The topological polar surface area (TPSA) is 38.1 Å². The Morgan fingerprint density at radius 1 is 1.11 bits per heavy atom. The lowest BCUT2D eigenvalue weighted by Gasteiger charge is -2.10. The Kier molecular flexibility index (Phi) is 6.97. The molecule has 0 saturated heterocycles. The van der Waals surface area contributed by atoms with Gasteiger partial charge in [0.15, 0.2) is 0 Å². The van der Waals surface area contributed by atoms with Crippen LogP contribution in [-0.2, 0) is 7.05 Å². The van der Waals surface area contributed by atoms with E-state index in [1.54, 1.807) is 11.8 Å². The molecule has 0 fully saturated rings. The normalized spacial score (nSPS) is 11.7. The van der Waals surface area contributed by atoms with E-state index >= 15 is 0 Å². The highest BCUT2D eigenvalue weighted by atomic mass is 32.2. The third-order valence-corrected chi connectivity index (χ3v) is 5.67. The van der Waals surface area contributed by atoms with Gasteiger partial charge in [-0.05, 0) is 25.5 Å². The maximum Gasteiger partial charge on any atom is 0.145 e. The minimum atomic E-state index is -0.867. The van der Waals surface area contributed by atoms with Crippen LogP contribution in [0, 0.1) is 18.8 Å². The highest BCUT2D eigenvalue weighted by Crippen LogP contribution is 2.38. The van der Waals surface area contributed by atoms with Crippen LogP contribution in [0.2, 0.25) is 0 Å². The smallest absolute Gasteiger partial charge is 0.145 e. The molecule has 3 rings (SSSR count). The van der Waals surface area contributed by atoms with Crippen LogP contribution in [0.15, 0.2) is 64.5 Å². The van der Waals surface area contributed by atoms with Gasteiger partial charge in [-0.25, -0.2) is 0 Å². The van der Waals surface area contributed by atoms with E-state index < -0.39 is 6.10 Å². The van der Waals surface area contributed by atoms with E-state index in [-0.39, 0.29) is 0 Å². The fourth-order valence-corrected chi connectivity index (χ4v) is 3.91. The third-order valence-electron chi connectivity index (χ3n) is 4.48. The molecule has 0 bridgehead atoms. The summed E-state index contributed by atoms with van der Waals surface area (Å²) in [6.45, 7) is 4.22. The van der Waals surface area contributed by atoms with Crippen molar-refractivity contribution in [1.29, 1.82) is 0 Å². The molecule has 0 spiro atoms. The molecule has 0 aliphatic heterocycles. The van der Waals surface area contributed by atoms with Crippen molar-refractivity contribution in [2.24, 2.45) is 7.05 Å². The number of rotatable bonds is 6. The molecule has 28 heavy (non-hydrogen) atoms. The first-order chi connectivity index (χ1) is 13.6. The summed E-state index contributed by atoms with van der Waals surface area (Å²) in [7, 11) is 1.92. The van der Waals surface area contributed by atoms with Gasteiger partial charge in [0.05, 0.1) is 5.56 Å². The van der Waals surface area contributed by atoms with E-state index in [1.807, 2.05) is 42.1 Å². The summed E-state index contributed by atoms with van der Waals surface area (Å²) >= 11 is 1.61. The van der Waals surface area contributed by atoms with E-state index in [2.05, 4.69) is 50.0 Å². The monoisotopic (exact) mass is 390 g/mol. The lowest BCUT2D eigenvalue weighted by Crippen LogP contribution is -1.99. The average Bonchev–Trinajstić information content (AvgIpc) is 3.04. The Balaban J connectivity index is 2.03. The molecule has 3 nitrogen and oxygen atoms in total. The molecular weight excluding hydrogens is 364 g/mol. The van der Waals surface area contributed by atoms with Crippen molar-refractivity contribution in [2.75, 3.05) is 0 Å². The van der Waals surface area contributed by atoms with Crippen LogP contribution in [0.3, 0.4) is 0 Å². The van der Waals surface area contributed by atoms with Crippen molar-refractivity contribution in [3.63, 3.8) is 0 Å². The van der Waals surface area contributed by atoms with Gasteiger partial charge in [0.25, 0.3) is 0 Å². The van der Waals surface area contributed by atoms with Gasteiger partial charge in [0.2, 0.25) is 0 Å². The predicted molar refractivity (Wildman–Crippen MR) is 116 cm³/mol. The molecular formula is C24H26N2OS. The van der Waals surface area contributed by atoms with Crippen molar-refractivity contribution in [2.45, 2.75) is 49.1 Å². The number of aliphatic hydroxyl groups is 1. The number of nitrogens with zero attached hydrogens (tertiary/aromatic N) is 2. The van der Waals surface area contributed by atoms with E-state index in [1.165, 1.54) is 5.56 Å². The van der Waals surface area contributed by atoms with Crippen molar-refractivity contribution in [3.05, 3.63) is 65.7 Å². The highest BCUT2D eigenvalue weighted by molar-refractivity contribution is 7.99. The van der Waals surface area contributed by atoms with Gasteiger partial charge in [0.1, 0.15) is 16.8 Å². The number of aliphatic hydroxyl groups excluding tert-OH is 1. The van der Waals surface area contributed by atoms with Crippen molar-refractivity contribution in [1.82, 2.24) is 9.78 Å². The minimum absolute atomic E-state index is 0.781. The lowest BCUT2D eigenvalue weighted by molar-refractivity contribution is 0.235. The van der Waals surface area contributed by atoms with Crippen molar-refractivity contribution in [3.8, 4) is 23.1 Å². The summed E-state index contributed by atoms with van der Waals surface area (Å²) in [5.74, 6) is 6.16. The van der Waals surface area contributed by atoms with E-state index in [0.29, 0.717) is 0 Å². The van der Waals surface area contributed by atoms with Gasteiger partial charge in [-0.2, -0.15) is 5.10 Å². The number of hydrogen-bond acceptors (Lipinski definition) is 3. The summed E-state index contributed by atoms with van der Waals surface area (Å²) in [6, 6.07) is 18.4. The minimum Gasteiger partial charge on any atom is -0.376 e. The molecule has 3 aromatic rings. The number of aryl methyl sites for hydroxylation is 2. The van der Waals surface area contributed by atoms with Gasteiger partial charge in [-0.1, -0.05) is 79.1 Å². The maximum atomic E-state index is 10.9. The summed E-state index contributed by atoms with van der Waals surface area (Å²) < 4.78 is 1.85. The molecule has 1 N–H and O–H groups in total. The fourth-order valence-electron chi connectivity index (χ4n) is 2.93. The van der Waals surface area contributed by atoms with E-state index in [4.69, 9.17) is 5.10 Å². The Labute approximate surface area is 171 Å². The molecule has 0 unspecified atom stereocenters. The second kappa shape index (κ2) is 9.64. The van der Waals surface area contributed by atoms with Gasteiger partial charge in [-0.15, -0.1) is 5.92 Å². The largest absolute Gasteiger partial charge is 0.376 e. The molecule has 1 heterocycles. The Morgan fingerprint density at radius 3 is 2.50 bits per heavy atom. The number of hydrogen-bond donors (Lipinski definition) is 1. The summed E-state index contributed by atoms with van der Waals surface area (Å²) in [6.07, 6.45) is 2.08. The zero-order valence-electron chi connectivity index (χ0n) is 16.6. The van der Waals surface area contributed by atoms with Gasteiger partial charge < -0.3 is 5.11 Å². The zero-order valence-corrected chi connectivity index (χ0v) is 17.5. The van der Waals surface area contributed by atoms with Crippen molar-refractivity contribution >= 4 is 11.8 Å². The van der Waals surface area contributed by atoms with Crippen LogP contribution < -0.4 is 0 Å². The molecule has 1 aromatic heterocycles. The second-order valence-corrected chi connectivity index (χ2v) is 7.86. The lowest BCUT2D eigenvalue weighted by atomic mass is 10.0. The number of unbranched alkanes of at least 4 members (excludes halogenated alkanes) is 2. The van der Waals surface area contributed by atoms with Gasteiger partial charge in [-0.3, -0.25) is 4.68 Å².